The average Bonchev–Trinajstić information content (AvgIpc) is 4.03. The SMILES string of the molecule is C/C=C/c1ccc2n(c1=O)C[C@@H]1[C@@H](CO)[C@H](C(=O)NCC)N(C(=O)C3CCOCC3)[C@H]21.C/C=C\c1ccc2n(c1=O)C[C@@H]1[C@@H](CO)[C@H](C(=O)NCC)N(C(=O)C3CCOCC3)[C@H]21. The molecule has 8 heterocycles. The Balaban J connectivity index is 0.000000186. The molecule has 2 aromatic rings. The summed E-state index contributed by atoms with van der Waals surface area (Å²) in [6.45, 7) is 10.7. The maximum absolute atomic E-state index is 13.7. The largest absolute Gasteiger partial charge is 0.396 e. The second kappa shape index (κ2) is 19.7. The quantitative estimate of drug-likeness (QED) is 0.274. The number of nitrogens with zero attached hydrogens (tertiary/aromatic N) is 4. The van der Waals surface area contributed by atoms with E-state index in [9.17, 15) is 39.0 Å². The Hall–Kier alpha value is -4.90. The summed E-state index contributed by atoms with van der Waals surface area (Å²) in [6.07, 6.45) is 9.66. The minimum Gasteiger partial charge on any atom is -0.396 e. The van der Waals surface area contributed by atoms with Crippen LogP contribution in [0.2, 0.25) is 0 Å². The summed E-state index contributed by atoms with van der Waals surface area (Å²) in [4.78, 5) is 82.9. The standard InChI is InChI=1S/2C23H31N3O5/c2*1-3-5-14-6-7-18-19-16(12-25(18)22(14)29)17(13-27)20(21(28)24-4-2)26(19)23(30)15-8-10-31-11-9-15/h2*3,5-7,15-17,19-20,27H,4,8-13H2,1-2H3,(H,24,28)/b5-3+;5-3-/t2*16-,17-,19+,20-/m11/s1. The summed E-state index contributed by atoms with van der Waals surface area (Å²) in [5, 5.41) is 26.2. The lowest BCUT2D eigenvalue weighted by molar-refractivity contribution is -0.147. The lowest BCUT2D eigenvalue weighted by atomic mass is 9.88. The molecule has 0 radical (unpaired) electrons. The minimum atomic E-state index is -0.741. The number of pyridine rings is 2. The molecule has 8 rings (SSSR count). The van der Waals surface area contributed by atoms with Crippen molar-refractivity contribution in [2.24, 2.45) is 35.5 Å². The van der Waals surface area contributed by atoms with Crippen molar-refractivity contribution in [3.05, 3.63) is 79.6 Å². The number of amides is 4. The van der Waals surface area contributed by atoms with Crippen LogP contribution in [0.5, 0.6) is 0 Å². The third kappa shape index (κ3) is 8.10. The van der Waals surface area contributed by atoms with E-state index in [-0.39, 0.29) is 71.6 Å². The predicted octanol–water partition coefficient (Wildman–Crippen LogP) is 1.87. The number of fused-ring (bicyclic) bond motifs is 6. The van der Waals surface area contributed by atoms with E-state index >= 15 is 0 Å². The molecule has 8 atom stereocenters. The molecule has 0 aliphatic carbocycles. The van der Waals surface area contributed by atoms with Gasteiger partial charge < -0.3 is 49.3 Å². The number of aromatic nitrogens is 2. The van der Waals surface area contributed by atoms with Gasteiger partial charge in [-0.15, -0.1) is 0 Å². The van der Waals surface area contributed by atoms with Crippen LogP contribution >= 0.6 is 0 Å². The van der Waals surface area contributed by atoms with E-state index in [4.69, 9.17) is 9.47 Å². The number of allylic oxidation sites excluding steroid dienone is 2. The maximum atomic E-state index is 13.7. The Morgan fingerprint density at radius 1 is 0.645 bits per heavy atom. The first-order valence-electron chi connectivity index (χ1n) is 22.4. The number of ether oxygens (including phenoxy) is 2. The number of aliphatic hydroxyl groups excluding tert-OH is 2. The van der Waals surface area contributed by atoms with E-state index in [1.54, 1.807) is 43.2 Å². The lowest BCUT2D eigenvalue weighted by Crippen LogP contribution is -2.52. The smallest absolute Gasteiger partial charge is 0.258 e. The van der Waals surface area contributed by atoms with Crippen LogP contribution in [0.4, 0.5) is 0 Å². The molecule has 4 fully saturated rings. The Kier molecular flexibility index (Phi) is 14.3. The van der Waals surface area contributed by atoms with Gasteiger partial charge in [-0.3, -0.25) is 28.8 Å². The topological polar surface area (TPSA) is 202 Å². The van der Waals surface area contributed by atoms with Gasteiger partial charge in [0.2, 0.25) is 23.6 Å². The molecule has 2 aromatic heterocycles. The Morgan fingerprint density at radius 2 is 1.02 bits per heavy atom. The van der Waals surface area contributed by atoms with Crippen molar-refractivity contribution in [2.45, 2.75) is 90.6 Å². The van der Waals surface area contributed by atoms with E-state index in [2.05, 4.69) is 10.6 Å². The number of hydrogen-bond acceptors (Lipinski definition) is 10. The number of likely N-dealkylation sites (N-methyl/N-ethyl adjacent to an activating group) is 2. The van der Waals surface area contributed by atoms with Crippen LogP contribution in [0.3, 0.4) is 0 Å². The van der Waals surface area contributed by atoms with Crippen molar-refractivity contribution in [1.82, 2.24) is 29.6 Å². The monoisotopic (exact) mass is 858 g/mol. The molecular formula is C46H62N6O10. The summed E-state index contributed by atoms with van der Waals surface area (Å²) < 4.78 is 14.3. The van der Waals surface area contributed by atoms with Crippen molar-refractivity contribution >= 4 is 35.8 Å². The summed E-state index contributed by atoms with van der Waals surface area (Å²) in [5.41, 5.74) is 2.47. The van der Waals surface area contributed by atoms with Crippen molar-refractivity contribution in [1.29, 1.82) is 0 Å². The van der Waals surface area contributed by atoms with E-state index in [0.29, 0.717) is 89.4 Å². The van der Waals surface area contributed by atoms with Crippen LogP contribution < -0.4 is 21.8 Å². The molecule has 0 saturated carbocycles. The normalized spacial score (nSPS) is 28.0. The second-order valence-corrected chi connectivity index (χ2v) is 17.1. The maximum Gasteiger partial charge on any atom is 0.258 e. The molecule has 16 nitrogen and oxygen atoms in total. The molecule has 0 unspecified atom stereocenters. The fraction of sp³-hybridized carbons (Fsp3) is 0.609. The fourth-order valence-electron chi connectivity index (χ4n) is 11.0. The first kappa shape index (κ1) is 45.1. The van der Waals surface area contributed by atoms with Crippen molar-refractivity contribution in [3.8, 4) is 0 Å². The summed E-state index contributed by atoms with van der Waals surface area (Å²) in [7, 11) is 0. The highest BCUT2D eigenvalue weighted by Crippen LogP contribution is 2.51. The summed E-state index contributed by atoms with van der Waals surface area (Å²) in [6, 6.07) is 5.06. The van der Waals surface area contributed by atoms with Gasteiger partial charge in [0, 0.05) is 124 Å². The third-order valence-electron chi connectivity index (χ3n) is 13.8. The van der Waals surface area contributed by atoms with Gasteiger partial charge in [0.25, 0.3) is 11.1 Å². The first-order chi connectivity index (χ1) is 30.1. The third-order valence-corrected chi connectivity index (χ3v) is 13.8. The van der Waals surface area contributed by atoms with Crippen LogP contribution in [0.25, 0.3) is 12.2 Å². The van der Waals surface area contributed by atoms with Gasteiger partial charge in [0.15, 0.2) is 0 Å². The number of likely N-dealkylation sites (tertiary alicyclic amines) is 2. The van der Waals surface area contributed by atoms with E-state index in [0.717, 1.165) is 11.4 Å². The van der Waals surface area contributed by atoms with E-state index in [1.165, 1.54) is 0 Å². The molecule has 0 bridgehead atoms. The molecule has 6 aliphatic rings. The molecule has 4 N–H and O–H groups in total. The van der Waals surface area contributed by atoms with Gasteiger partial charge in [0.05, 0.1) is 12.1 Å². The summed E-state index contributed by atoms with van der Waals surface area (Å²) in [5.74, 6) is -2.29. The van der Waals surface area contributed by atoms with Crippen LogP contribution in [-0.2, 0) is 41.7 Å². The first-order valence-corrected chi connectivity index (χ1v) is 22.4. The molecule has 4 amide bonds. The van der Waals surface area contributed by atoms with Gasteiger partial charge in [0.1, 0.15) is 12.1 Å². The molecular weight excluding hydrogens is 797 g/mol. The number of carbonyl (C=O) groups is 4. The molecule has 0 spiro atoms. The Morgan fingerprint density at radius 3 is 1.34 bits per heavy atom. The van der Waals surface area contributed by atoms with Gasteiger partial charge in [-0.2, -0.15) is 0 Å². The van der Waals surface area contributed by atoms with Crippen LogP contribution in [0.1, 0.15) is 88.0 Å². The van der Waals surface area contributed by atoms with Crippen LogP contribution in [0.15, 0.2) is 46.0 Å². The molecule has 4 saturated heterocycles. The highest BCUT2D eigenvalue weighted by Gasteiger charge is 2.59. The second-order valence-electron chi connectivity index (χ2n) is 17.1. The van der Waals surface area contributed by atoms with Crippen molar-refractivity contribution in [3.63, 3.8) is 0 Å². The average molecular weight is 859 g/mol. The number of aliphatic hydroxyl groups is 2. The molecule has 62 heavy (non-hydrogen) atoms. The molecule has 336 valence electrons. The molecule has 6 aliphatic heterocycles. The van der Waals surface area contributed by atoms with Crippen molar-refractivity contribution in [2.75, 3.05) is 52.7 Å². The van der Waals surface area contributed by atoms with Gasteiger partial charge in [-0.05, 0) is 77.6 Å². The number of nitrogens with one attached hydrogen (secondary N) is 2. The number of hydrogen-bond donors (Lipinski definition) is 4. The number of rotatable bonds is 10. The predicted molar refractivity (Wildman–Crippen MR) is 230 cm³/mol. The van der Waals surface area contributed by atoms with Crippen LogP contribution in [0, 0.1) is 35.5 Å². The Bertz CT molecular complexity index is 2020. The van der Waals surface area contributed by atoms with E-state index < -0.39 is 36.0 Å². The van der Waals surface area contributed by atoms with E-state index in [1.807, 2.05) is 52.0 Å². The summed E-state index contributed by atoms with van der Waals surface area (Å²) >= 11 is 0. The van der Waals surface area contributed by atoms with Gasteiger partial charge >= 0.3 is 0 Å². The van der Waals surface area contributed by atoms with Gasteiger partial charge in [-0.25, -0.2) is 0 Å². The minimum absolute atomic E-state index is 0.0797. The van der Waals surface area contributed by atoms with Crippen LogP contribution in [-0.4, -0.2) is 118 Å². The fourth-order valence-corrected chi connectivity index (χ4v) is 11.0. The molecule has 0 aromatic carbocycles. The van der Waals surface area contributed by atoms with Gasteiger partial charge in [-0.1, -0.05) is 24.3 Å². The van der Waals surface area contributed by atoms with Crippen molar-refractivity contribution < 1.29 is 38.9 Å². The zero-order valence-corrected chi connectivity index (χ0v) is 36.2. The highest BCUT2D eigenvalue weighted by molar-refractivity contribution is 5.91. The zero-order chi connectivity index (χ0) is 44.2. The number of carbonyl (C=O) groups excluding carboxylic acids is 4. The zero-order valence-electron chi connectivity index (χ0n) is 36.2. The highest BCUT2D eigenvalue weighted by atomic mass is 16.5. The lowest BCUT2D eigenvalue weighted by Gasteiger charge is -2.34. The Labute approximate surface area is 361 Å². The molecule has 16 heteroatoms.